The minimum atomic E-state index is -0.338. The van der Waals surface area contributed by atoms with E-state index in [0.717, 1.165) is 41.6 Å². The van der Waals surface area contributed by atoms with Crippen LogP contribution in [0.1, 0.15) is 40.9 Å². The molecule has 2 N–H and O–H groups in total. The topological polar surface area (TPSA) is 65.5 Å². The van der Waals surface area contributed by atoms with Crippen LogP contribution in [-0.4, -0.2) is 13.1 Å². The average molecular weight is 259 g/mol. The Morgan fingerprint density at radius 1 is 1.42 bits per heavy atom. The highest BCUT2D eigenvalue weighted by Gasteiger charge is 2.39. The molecule has 3 rings (SSSR count). The van der Waals surface area contributed by atoms with Crippen molar-refractivity contribution < 1.29 is 13.9 Å². The number of methoxy groups -OCH3 is 1. The number of aryl methyl sites for hydroxylation is 1. The molecule has 0 saturated heterocycles. The van der Waals surface area contributed by atoms with Gasteiger partial charge in [-0.3, -0.25) is 0 Å². The van der Waals surface area contributed by atoms with Crippen molar-refractivity contribution >= 4 is 16.9 Å². The van der Waals surface area contributed by atoms with Crippen molar-refractivity contribution in [3.8, 4) is 0 Å². The maximum atomic E-state index is 11.6. The minimum absolute atomic E-state index is 0.325. The predicted molar refractivity (Wildman–Crippen MR) is 72.0 cm³/mol. The van der Waals surface area contributed by atoms with E-state index in [-0.39, 0.29) is 11.5 Å². The molecule has 0 atom stereocenters. The predicted octanol–water partition coefficient (Wildman–Crippen LogP) is 2.87. The third kappa shape index (κ3) is 1.75. The first kappa shape index (κ1) is 12.2. The van der Waals surface area contributed by atoms with Gasteiger partial charge in [0.15, 0.2) is 0 Å². The summed E-state index contributed by atoms with van der Waals surface area (Å²) >= 11 is 0. The minimum Gasteiger partial charge on any atom is -0.465 e. The molecule has 4 nitrogen and oxygen atoms in total. The summed E-state index contributed by atoms with van der Waals surface area (Å²) in [6, 6.07) is 5.33. The lowest BCUT2D eigenvalue weighted by Crippen LogP contribution is -2.43. The molecule has 100 valence electrons. The molecular weight excluding hydrogens is 242 g/mol. The SMILES string of the molecule is COC(=O)c1ccc2oc(C3(N)CCC3)c(C)c2c1. The number of fused-ring (bicyclic) bond motifs is 1. The van der Waals surface area contributed by atoms with Gasteiger partial charge in [0.25, 0.3) is 0 Å². The van der Waals surface area contributed by atoms with E-state index in [0.29, 0.717) is 5.56 Å². The Bertz CT molecular complexity index is 653. The Labute approximate surface area is 111 Å². The number of ether oxygens (including phenoxy) is 1. The Balaban J connectivity index is 2.13. The first-order chi connectivity index (χ1) is 9.05. The second kappa shape index (κ2) is 4.10. The maximum absolute atomic E-state index is 11.6. The van der Waals surface area contributed by atoms with Crippen molar-refractivity contribution in [1.82, 2.24) is 0 Å². The number of nitrogens with two attached hydrogens (primary N) is 1. The van der Waals surface area contributed by atoms with Gasteiger partial charge >= 0.3 is 5.97 Å². The van der Waals surface area contributed by atoms with Crippen molar-refractivity contribution in [2.75, 3.05) is 7.11 Å². The summed E-state index contributed by atoms with van der Waals surface area (Å²) in [7, 11) is 1.38. The number of carbonyl (C=O) groups excluding carboxylic acids is 1. The highest BCUT2D eigenvalue weighted by Crippen LogP contribution is 2.43. The van der Waals surface area contributed by atoms with Gasteiger partial charge in [0.1, 0.15) is 11.3 Å². The fourth-order valence-electron chi connectivity index (χ4n) is 2.73. The van der Waals surface area contributed by atoms with E-state index in [1.54, 1.807) is 12.1 Å². The highest BCUT2D eigenvalue weighted by atomic mass is 16.5. The zero-order valence-corrected chi connectivity index (χ0v) is 11.2. The van der Waals surface area contributed by atoms with Crippen molar-refractivity contribution in [2.24, 2.45) is 5.73 Å². The molecule has 4 heteroatoms. The third-order valence-corrected chi connectivity index (χ3v) is 4.06. The molecule has 1 saturated carbocycles. The van der Waals surface area contributed by atoms with Crippen LogP contribution in [0.5, 0.6) is 0 Å². The molecule has 1 aromatic heterocycles. The average Bonchev–Trinajstić information content (AvgIpc) is 2.72. The quantitative estimate of drug-likeness (QED) is 0.842. The number of carbonyl (C=O) groups is 1. The van der Waals surface area contributed by atoms with Gasteiger partial charge in [-0.15, -0.1) is 0 Å². The smallest absolute Gasteiger partial charge is 0.337 e. The van der Waals surface area contributed by atoms with Gasteiger partial charge in [-0.05, 0) is 44.4 Å². The van der Waals surface area contributed by atoms with Crippen molar-refractivity contribution in [1.29, 1.82) is 0 Å². The highest BCUT2D eigenvalue weighted by molar-refractivity contribution is 5.95. The normalized spacial score (nSPS) is 17.2. The Morgan fingerprint density at radius 3 is 2.74 bits per heavy atom. The van der Waals surface area contributed by atoms with Crippen LogP contribution in [0.2, 0.25) is 0 Å². The largest absolute Gasteiger partial charge is 0.465 e. The summed E-state index contributed by atoms with van der Waals surface area (Å²) in [5.41, 5.74) is 8.34. The van der Waals surface area contributed by atoms with Gasteiger partial charge in [-0.2, -0.15) is 0 Å². The van der Waals surface area contributed by atoms with Crippen LogP contribution in [0.15, 0.2) is 22.6 Å². The van der Waals surface area contributed by atoms with Crippen molar-refractivity contribution in [3.05, 3.63) is 35.1 Å². The second-order valence-electron chi connectivity index (χ2n) is 5.27. The fraction of sp³-hybridized carbons (Fsp3) is 0.400. The zero-order chi connectivity index (χ0) is 13.6. The number of hydrogen-bond acceptors (Lipinski definition) is 4. The van der Waals surface area contributed by atoms with Gasteiger partial charge in [0, 0.05) is 10.9 Å². The van der Waals surface area contributed by atoms with Gasteiger partial charge in [0.05, 0.1) is 18.2 Å². The van der Waals surface area contributed by atoms with Crippen molar-refractivity contribution in [2.45, 2.75) is 31.7 Å². The molecule has 2 aromatic rings. The van der Waals surface area contributed by atoms with Crippen LogP contribution in [-0.2, 0) is 10.3 Å². The first-order valence-electron chi connectivity index (χ1n) is 6.46. The molecule has 19 heavy (non-hydrogen) atoms. The van der Waals surface area contributed by atoms with E-state index in [2.05, 4.69) is 0 Å². The Kier molecular flexibility index (Phi) is 2.64. The van der Waals surface area contributed by atoms with E-state index in [9.17, 15) is 4.79 Å². The molecule has 0 unspecified atom stereocenters. The molecule has 0 spiro atoms. The molecule has 1 heterocycles. The lowest BCUT2D eigenvalue weighted by atomic mass is 9.75. The zero-order valence-electron chi connectivity index (χ0n) is 11.2. The molecule has 1 aliphatic carbocycles. The fourth-order valence-corrected chi connectivity index (χ4v) is 2.73. The summed E-state index contributed by atoms with van der Waals surface area (Å²) in [5.74, 6) is 0.519. The van der Waals surface area contributed by atoms with E-state index in [4.69, 9.17) is 14.9 Å². The van der Waals surface area contributed by atoms with Crippen LogP contribution in [0, 0.1) is 6.92 Å². The van der Waals surface area contributed by atoms with Crippen molar-refractivity contribution in [3.63, 3.8) is 0 Å². The molecule has 0 radical (unpaired) electrons. The summed E-state index contributed by atoms with van der Waals surface area (Å²) in [6.07, 6.45) is 3.05. The lowest BCUT2D eigenvalue weighted by Gasteiger charge is -2.36. The van der Waals surface area contributed by atoms with E-state index < -0.39 is 0 Å². The number of furan rings is 1. The van der Waals surface area contributed by atoms with Gasteiger partial charge in [-0.1, -0.05) is 0 Å². The van der Waals surface area contributed by atoms with Gasteiger partial charge in [-0.25, -0.2) is 4.79 Å². The standard InChI is InChI=1S/C15H17NO3/c1-9-11-8-10(14(17)18-2)4-5-12(11)19-13(9)15(16)6-3-7-15/h4-5,8H,3,6-7,16H2,1-2H3. The van der Waals surface area contributed by atoms with Crippen LogP contribution in [0.4, 0.5) is 0 Å². The van der Waals surface area contributed by atoms with Gasteiger partial charge in [0.2, 0.25) is 0 Å². The number of rotatable bonds is 2. The van der Waals surface area contributed by atoms with E-state index in [1.807, 2.05) is 13.0 Å². The Morgan fingerprint density at radius 2 is 2.16 bits per heavy atom. The third-order valence-electron chi connectivity index (χ3n) is 4.06. The summed E-state index contributed by atoms with van der Waals surface area (Å²) < 4.78 is 10.6. The molecule has 0 amide bonds. The number of esters is 1. The van der Waals surface area contributed by atoms with Crippen LogP contribution in [0.25, 0.3) is 11.0 Å². The molecule has 0 aliphatic heterocycles. The number of hydrogen-bond donors (Lipinski definition) is 1. The maximum Gasteiger partial charge on any atom is 0.337 e. The lowest BCUT2D eigenvalue weighted by molar-refractivity contribution is 0.0601. The number of benzene rings is 1. The molecule has 1 fully saturated rings. The molecule has 1 aliphatic rings. The molecule has 0 bridgehead atoms. The van der Waals surface area contributed by atoms with E-state index in [1.165, 1.54) is 7.11 Å². The summed E-state index contributed by atoms with van der Waals surface area (Å²) in [5, 5.41) is 0.939. The molecular formula is C15H17NO3. The first-order valence-corrected chi connectivity index (χ1v) is 6.46. The second-order valence-corrected chi connectivity index (χ2v) is 5.27. The Hall–Kier alpha value is -1.81. The summed E-state index contributed by atoms with van der Waals surface area (Å²) in [4.78, 5) is 11.6. The van der Waals surface area contributed by atoms with Crippen LogP contribution in [0.3, 0.4) is 0 Å². The molecule has 1 aromatic carbocycles. The van der Waals surface area contributed by atoms with Crippen LogP contribution < -0.4 is 5.73 Å². The van der Waals surface area contributed by atoms with Gasteiger partial charge < -0.3 is 14.9 Å². The van der Waals surface area contributed by atoms with E-state index >= 15 is 0 Å². The van der Waals surface area contributed by atoms with Crippen LogP contribution >= 0.6 is 0 Å². The summed E-state index contributed by atoms with van der Waals surface area (Å²) in [6.45, 7) is 2.00. The monoisotopic (exact) mass is 259 g/mol.